The standard InChI is InChI=1S/2C9H7.2CH3.CH2.2ClH.Zr/c2*1-2-5-9-7-3-6-8(9)4-1;;;;;;/h2*1-7H;2*1H3;1H2;2*1H;/q4*-1;;;;+2/p-2. The monoisotopic (exact) mass is 434 g/mol. The van der Waals surface area contributed by atoms with E-state index >= 15 is 0 Å². The molecular formula is C21H22Cl2Zr-4. The Bertz CT molecular complexity index is 712. The third-order valence-corrected chi connectivity index (χ3v) is 3.10. The summed E-state index contributed by atoms with van der Waals surface area (Å²) in [6, 6.07) is 29.3. The second-order valence-electron chi connectivity index (χ2n) is 4.65. The Morgan fingerprint density at radius 2 is 1.00 bits per heavy atom. The molecule has 0 unspecified atom stereocenters. The van der Waals surface area contributed by atoms with Crippen molar-refractivity contribution in [2.45, 2.75) is 0 Å². The largest absolute Gasteiger partial charge is 0.358 e. The number of rotatable bonds is 0. The molecule has 4 aromatic carbocycles. The van der Waals surface area contributed by atoms with E-state index in [1.807, 2.05) is 0 Å². The molecule has 0 bridgehead atoms. The minimum atomic E-state index is -1.85. The molecule has 4 aromatic rings. The van der Waals surface area contributed by atoms with Gasteiger partial charge in [0.2, 0.25) is 0 Å². The summed E-state index contributed by atoms with van der Waals surface area (Å²) >= 11 is -1.85. The molecule has 0 aliphatic heterocycles. The fourth-order valence-electron chi connectivity index (χ4n) is 2.14. The van der Waals surface area contributed by atoms with Crippen LogP contribution in [0.1, 0.15) is 0 Å². The van der Waals surface area contributed by atoms with Gasteiger partial charge in [-0.25, -0.2) is 0 Å². The Morgan fingerprint density at radius 3 is 1.33 bits per heavy atom. The molecule has 0 heterocycles. The van der Waals surface area contributed by atoms with E-state index in [9.17, 15) is 0 Å². The van der Waals surface area contributed by atoms with E-state index < -0.39 is 18.9 Å². The van der Waals surface area contributed by atoms with Crippen molar-refractivity contribution in [3.63, 3.8) is 0 Å². The molecular weight excluding hydrogens is 414 g/mol. The Kier molecular flexibility index (Phi) is 11.9. The number of halogens is 2. The number of hydrogen-bond acceptors (Lipinski definition) is 0. The zero-order chi connectivity index (χ0) is 15.8. The van der Waals surface area contributed by atoms with Gasteiger partial charge in [0, 0.05) is 0 Å². The number of fused-ring (bicyclic) bond motifs is 2. The van der Waals surface area contributed by atoms with Gasteiger partial charge in [0.25, 0.3) is 0 Å². The first-order valence-electron chi connectivity index (χ1n) is 6.87. The molecule has 0 amide bonds. The van der Waals surface area contributed by atoms with E-state index in [0.29, 0.717) is 0 Å². The van der Waals surface area contributed by atoms with Crippen LogP contribution < -0.4 is 0 Å². The zero-order valence-electron chi connectivity index (χ0n) is 14.0. The predicted octanol–water partition coefficient (Wildman–Crippen LogP) is 7.36. The average molecular weight is 437 g/mol. The normalized spacial score (nSPS) is 8.75. The van der Waals surface area contributed by atoms with Crippen LogP contribution in [0.3, 0.4) is 0 Å². The first-order valence-corrected chi connectivity index (χ1v) is 14.9. The zero-order valence-corrected chi connectivity index (χ0v) is 18.0. The van der Waals surface area contributed by atoms with E-state index in [1.54, 1.807) is 0 Å². The van der Waals surface area contributed by atoms with Gasteiger partial charge in [0.1, 0.15) is 0 Å². The molecule has 24 heavy (non-hydrogen) atoms. The molecule has 0 nitrogen and oxygen atoms in total. The third kappa shape index (κ3) is 7.71. The van der Waals surface area contributed by atoms with Crippen LogP contribution in [0.5, 0.6) is 0 Å². The van der Waals surface area contributed by atoms with Crippen LogP contribution in [0.2, 0.25) is 0 Å². The topological polar surface area (TPSA) is 0 Å². The summed E-state index contributed by atoms with van der Waals surface area (Å²) in [5.41, 5.74) is 0. The van der Waals surface area contributed by atoms with Gasteiger partial charge >= 0.3 is 40.1 Å². The van der Waals surface area contributed by atoms with Crippen molar-refractivity contribution in [1.29, 1.82) is 0 Å². The van der Waals surface area contributed by atoms with Crippen LogP contribution in [0, 0.1) is 14.9 Å². The summed E-state index contributed by atoms with van der Waals surface area (Å²) < 4.78 is 3.37. The molecule has 0 spiro atoms. The number of benzene rings is 2. The van der Waals surface area contributed by atoms with Crippen LogP contribution in [-0.4, -0.2) is 4.21 Å². The van der Waals surface area contributed by atoms with E-state index in [1.165, 1.54) is 21.5 Å². The molecule has 0 saturated carbocycles. The predicted molar refractivity (Wildman–Crippen MR) is 111 cm³/mol. The first kappa shape index (κ1) is 23.0. The van der Waals surface area contributed by atoms with Crippen LogP contribution >= 0.6 is 17.0 Å². The van der Waals surface area contributed by atoms with E-state index in [4.69, 9.17) is 17.0 Å². The SMILES string of the molecule is [CH2]=[Zr]([Cl])[Cl].[CH3-].[CH3-].c1ccc2[cH-]ccc2c1.c1ccc2[cH-]ccc2c1. The van der Waals surface area contributed by atoms with E-state index in [0.717, 1.165) is 0 Å². The Morgan fingerprint density at radius 1 is 0.667 bits per heavy atom. The fourth-order valence-corrected chi connectivity index (χ4v) is 2.14. The van der Waals surface area contributed by atoms with Crippen LogP contribution in [0.4, 0.5) is 0 Å². The summed E-state index contributed by atoms with van der Waals surface area (Å²) in [4.78, 5) is 0. The van der Waals surface area contributed by atoms with E-state index in [-0.39, 0.29) is 14.9 Å². The van der Waals surface area contributed by atoms with Gasteiger partial charge in [-0.15, -0.1) is 59.3 Å². The van der Waals surface area contributed by atoms with Gasteiger partial charge in [-0.3, -0.25) is 0 Å². The van der Waals surface area contributed by atoms with Crippen molar-refractivity contribution in [3.8, 4) is 0 Å². The maximum atomic E-state index is 5.13. The fraction of sp³-hybridized carbons (Fsp3) is 0. The van der Waals surface area contributed by atoms with Gasteiger partial charge in [0.15, 0.2) is 0 Å². The van der Waals surface area contributed by atoms with Gasteiger partial charge < -0.3 is 14.9 Å². The Balaban J connectivity index is 0.000000341. The smallest absolute Gasteiger partial charge is 0.0809 e. The molecule has 0 aliphatic carbocycles. The first-order chi connectivity index (χ1) is 10.7. The second-order valence-corrected chi connectivity index (χ2v) is 12.9. The maximum Gasteiger partial charge on any atom is -0.0809 e. The van der Waals surface area contributed by atoms with Crippen molar-refractivity contribution in [1.82, 2.24) is 0 Å². The van der Waals surface area contributed by atoms with Gasteiger partial charge in [-0.05, 0) is 0 Å². The minimum Gasteiger partial charge on any atom is -0.358 e. The van der Waals surface area contributed by atoms with Crippen molar-refractivity contribution in [3.05, 3.63) is 99.8 Å². The average Bonchev–Trinajstić information content (AvgIpc) is 3.16. The van der Waals surface area contributed by atoms with Crippen LogP contribution in [0.15, 0.2) is 84.9 Å². The van der Waals surface area contributed by atoms with Crippen molar-refractivity contribution in [2.24, 2.45) is 0 Å². The van der Waals surface area contributed by atoms with E-state index in [2.05, 4.69) is 89.1 Å². The molecule has 0 N–H and O–H groups in total. The number of hydrogen-bond donors (Lipinski definition) is 0. The quantitative estimate of drug-likeness (QED) is 0.253. The third-order valence-electron chi connectivity index (χ3n) is 3.10. The molecule has 0 aromatic heterocycles. The summed E-state index contributed by atoms with van der Waals surface area (Å²) in [7, 11) is 10.3. The molecule has 0 aliphatic rings. The van der Waals surface area contributed by atoms with Crippen molar-refractivity contribution >= 4 is 42.8 Å². The summed E-state index contributed by atoms with van der Waals surface area (Å²) in [6.45, 7) is 0. The molecule has 128 valence electrons. The minimum absolute atomic E-state index is 0. The van der Waals surface area contributed by atoms with Crippen molar-refractivity contribution in [2.75, 3.05) is 0 Å². The van der Waals surface area contributed by atoms with Crippen LogP contribution in [0.25, 0.3) is 21.5 Å². The molecule has 0 saturated heterocycles. The summed E-state index contributed by atoms with van der Waals surface area (Å²) in [5, 5.41) is 5.32. The molecule has 0 fully saturated rings. The maximum absolute atomic E-state index is 5.13. The molecule has 4 rings (SSSR count). The van der Waals surface area contributed by atoms with Crippen molar-refractivity contribution < 1.29 is 18.9 Å². The Labute approximate surface area is 160 Å². The molecule has 0 radical (unpaired) electrons. The molecule has 3 heteroatoms. The summed E-state index contributed by atoms with van der Waals surface area (Å²) in [5.74, 6) is 0. The second kappa shape index (κ2) is 12.4. The molecule has 0 atom stereocenters. The summed E-state index contributed by atoms with van der Waals surface area (Å²) in [6.07, 6.45) is 0. The van der Waals surface area contributed by atoms with Crippen LogP contribution in [-0.2, 0) is 18.9 Å². The van der Waals surface area contributed by atoms with Gasteiger partial charge in [-0.1, -0.05) is 12.1 Å². The Hall–Kier alpha value is -1.01. The van der Waals surface area contributed by atoms with Gasteiger partial charge in [0.05, 0.1) is 0 Å². The van der Waals surface area contributed by atoms with Gasteiger partial charge in [-0.2, -0.15) is 35.0 Å².